The molecule has 0 spiro atoms. The summed E-state index contributed by atoms with van der Waals surface area (Å²) in [6.45, 7) is 13.2. The van der Waals surface area contributed by atoms with Crippen LogP contribution >= 0.6 is 11.3 Å². The highest BCUT2D eigenvalue weighted by Crippen LogP contribution is 2.25. The summed E-state index contributed by atoms with van der Waals surface area (Å²) in [7, 11) is 0. The standard InChI is InChI=1S/C14H23N3S/c1-10(2)14(4,5)9-15-8-12-11(3)16-13-17(12)6-7-18-13/h6-7,10,15H,8-9H2,1-5H3. The van der Waals surface area contributed by atoms with Crippen molar-refractivity contribution in [1.82, 2.24) is 14.7 Å². The molecule has 0 amide bonds. The van der Waals surface area contributed by atoms with Crippen molar-refractivity contribution in [3.63, 3.8) is 0 Å². The summed E-state index contributed by atoms with van der Waals surface area (Å²) in [5.74, 6) is 0.678. The highest BCUT2D eigenvalue weighted by molar-refractivity contribution is 7.15. The van der Waals surface area contributed by atoms with Crippen molar-refractivity contribution in [3.8, 4) is 0 Å². The van der Waals surface area contributed by atoms with Gasteiger partial charge in [0.25, 0.3) is 0 Å². The van der Waals surface area contributed by atoms with Gasteiger partial charge in [-0.3, -0.25) is 4.40 Å². The van der Waals surface area contributed by atoms with E-state index in [1.807, 2.05) is 0 Å². The van der Waals surface area contributed by atoms with Crippen molar-refractivity contribution < 1.29 is 0 Å². The maximum atomic E-state index is 4.56. The normalized spacial score (nSPS) is 12.8. The molecule has 0 fully saturated rings. The van der Waals surface area contributed by atoms with Crippen molar-refractivity contribution in [2.45, 2.75) is 41.2 Å². The fourth-order valence-electron chi connectivity index (χ4n) is 1.86. The number of nitrogens with zero attached hydrogens (tertiary/aromatic N) is 2. The smallest absolute Gasteiger partial charge is 0.194 e. The average molecular weight is 265 g/mol. The van der Waals surface area contributed by atoms with E-state index in [0.717, 1.165) is 23.7 Å². The zero-order valence-corrected chi connectivity index (χ0v) is 12.8. The number of imidazole rings is 1. The molecule has 0 aliphatic rings. The summed E-state index contributed by atoms with van der Waals surface area (Å²) in [6, 6.07) is 0. The van der Waals surface area contributed by atoms with Crippen LogP contribution in [-0.2, 0) is 6.54 Å². The van der Waals surface area contributed by atoms with Crippen LogP contribution in [-0.4, -0.2) is 15.9 Å². The molecule has 2 aromatic rings. The lowest BCUT2D eigenvalue weighted by molar-refractivity contribution is 0.237. The van der Waals surface area contributed by atoms with Gasteiger partial charge in [-0.05, 0) is 18.3 Å². The summed E-state index contributed by atoms with van der Waals surface area (Å²) >= 11 is 1.69. The number of nitrogens with one attached hydrogen (secondary N) is 1. The molecular formula is C14H23N3S. The Labute approximate surface area is 113 Å². The molecular weight excluding hydrogens is 242 g/mol. The highest BCUT2D eigenvalue weighted by Gasteiger charge is 2.21. The SMILES string of the molecule is Cc1nc2sccn2c1CNCC(C)(C)C(C)C. The van der Waals surface area contributed by atoms with Gasteiger partial charge in [0.05, 0.1) is 11.4 Å². The van der Waals surface area contributed by atoms with E-state index in [4.69, 9.17) is 0 Å². The van der Waals surface area contributed by atoms with Gasteiger partial charge in [-0.1, -0.05) is 27.7 Å². The third kappa shape index (κ3) is 2.59. The first-order valence-corrected chi connectivity index (χ1v) is 7.41. The van der Waals surface area contributed by atoms with Crippen molar-refractivity contribution in [2.75, 3.05) is 6.54 Å². The minimum Gasteiger partial charge on any atom is -0.311 e. The minimum atomic E-state index is 0.326. The van der Waals surface area contributed by atoms with E-state index in [-0.39, 0.29) is 0 Å². The first-order chi connectivity index (χ1) is 8.42. The summed E-state index contributed by atoms with van der Waals surface area (Å²) in [4.78, 5) is 5.65. The van der Waals surface area contributed by atoms with Crippen LogP contribution in [0.1, 0.15) is 39.1 Å². The Morgan fingerprint density at radius 1 is 1.44 bits per heavy atom. The lowest BCUT2D eigenvalue weighted by atomic mass is 9.81. The number of aromatic nitrogens is 2. The molecule has 0 aliphatic carbocycles. The third-order valence-electron chi connectivity index (χ3n) is 4.00. The molecule has 18 heavy (non-hydrogen) atoms. The van der Waals surface area contributed by atoms with Gasteiger partial charge in [-0.15, -0.1) is 11.3 Å². The van der Waals surface area contributed by atoms with Crippen molar-refractivity contribution >= 4 is 16.3 Å². The topological polar surface area (TPSA) is 29.3 Å². The number of aryl methyl sites for hydroxylation is 1. The molecule has 0 saturated heterocycles. The number of thiazole rings is 1. The number of hydrogen-bond donors (Lipinski definition) is 1. The van der Waals surface area contributed by atoms with Crippen molar-refractivity contribution in [3.05, 3.63) is 23.0 Å². The second-order valence-electron chi connectivity index (χ2n) is 5.95. The molecule has 4 heteroatoms. The highest BCUT2D eigenvalue weighted by atomic mass is 32.1. The van der Waals surface area contributed by atoms with Crippen LogP contribution in [0, 0.1) is 18.3 Å². The Morgan fingerprint density at radius 3 is 2.83 bits per heavy atom. The lowest BCUT2D eigenvalue weighted by Gasteiger charge is -2.29. The quantitative estimate of drug-likeness (QED) is 0.897. The first kappa shape index (κ1) is 13.6. The fraction of sp³-hybridized carbons (Fsp3) is 0.643. The molecule has 0 aromatic carbocycles. The van der Waals surface area contributed by atoms with Gasteiger partial charge in [0, 0.05) is 24.7 Å². The Bertz CT molecular complexity index is 522. The van der Waals surface area contributed by atoms with Gasteiger partial charge >= 0.3 is 0 Å². The van der Waals surface area contributed by atoms with Crippen LogP contribution in [0.3, 0.4) is 0 Å². The molecule has 2 heterocycles. The number of fused-ring (bicyclic) bond motifs is 1. The molecule has 0 aliphatic heterocycles. The van der Waals surface area contributed by atoms with E-state index in [1.165, 1.54) is 5.69 Å². The number of rotatable bonds is 5. The second kappa shape index (κ2) is 5.02. The first-order valence-electron chi connectivity index (χ1n) is 6.53. The minimum absolute atomic E-state index is 0.326. The molecule has 2 rings (SSSR count). The van der Waals surface area contributed by atoms with E-state index >= 15 is 0 Å². The van der Waals surface area contributed by atoms with E-state index in [2.05, 4.69) is 60.9 Å². The van der Waals surface area contributed by atoms with Gasteiger partial charge in [0.15, 0.2) is 4.96 Å². The lowest BCUT2D eigenvalue weighted by Crippen LogP contribution is -2.33. The van der Waals surface area contributed by atoms with Crippen molar-refractivity contribution in [2.24, 2.45) is 11.3 Å². The van der Waals surface area contributed by atoms with E-state index in [9.17, 15) is 0 Å². The Hall–Kier alpha value is -0.870. The van der Waals surface area contributed by atoms with Gasteiger partial charge < -0.3 is 5.32 Å². The molecule has 1 N–H and O–H groups in total. The Kier molecular flexibility index (Phi) is 3.78. The maximum Gasteiger partial charge on any atom is 0.194 e. The van der Waals surface area contributed by atoms with E-state index < -0.39 is 0 Å². The Balaban J connectivity index is 2.02. The van der Waals surface area contributed by atoms with Crippen LogP contribution in [0.2, 0.25) is 0 Å². The predicted molar refractivity (Wildman–Crippen MR) is 78.1 cm³/mol. The zero-order valence-electron chi connectivity index (χ0n) is 11.9. The average Bonchev–Trinajstić information content (AvgIpc) is 2.81. The second-order valence-corrected chi connectivity index (χ2v) is 6.82. The summed E-state index contributed by atoms with van der Waals surface area (Å²) in [5, 5.41) is 5.66. The molecule has 0 saturated carbocycles. The van der Waals surface area contributed by atoms with Gasteiger partial charge in [0.2, 0.25) is 0 Å². The molecule has 2 aromatic heterocycles. The van der Waals surface area contributed by atoms with E-state index in [0.29, 0.717) is 11.3 Å². The van der Waals surface area contributed by atoms with Gasteiger partial charge in [0.1, 0.15) is 0 Å². The largest absolute Gasteiger partial charge is 0.311 e. The molecule has 3 nitrogen and oxygen atoms in total. The Morgan fingerprint density at radius 2 is 2.17 bits per heavy atom. The van der Waals surface area contributed by atoms with Crippen LogP contribution in [0.4, 0.5) is 0 Å². The predicted octanol–water partition coefficient (Wildman–Crippen LogP) is 3.48. The van der Waals surface area contributed by atoms with Crippen LogP contribution in [0.15, 0.2) is 11.6 Å². The molecule has 0 bridgehead atoms. The van der Waals surface area contributed by atoms with Gasteiger partial charge in [-0.25, -0.2) is 4.98 Å². The fourth-order valence-corrected chi connectivity index (χ4v) is 2.64. The van der Waals surface area contributed by atoms with Gasteiger partial charge in [-0.2, -0.15) is 0 Å². The summed E-state index contributed by atoms with van der Waals surface area (Å²) in [6.07, 6.45) is 2.10. The molecule has 100 valence electrons. The molecule has 0 unspecified atom stereocenters. The zero-order chi connectivity index (χ0) is 13.3. The number of hydrogen-bond acceptors (Lipinski definition) is 3. The summed E-state index contributed by atoms with van der Waals surface area (Å²) < 4.78 is 2.19. The monoisotopic (exact) mass is 265 g/mol. The van der Waals surface area contributed by atoms with Crippen LogP contribution in [0.25, 0.3) is 4.96 Å². The van der Waals surface area contributed by atoms with Crippen molar-refractivity contribution in [1.29, 1.82) is 0 Å². The molecule has 0 radical (unpaired) electrons. The van der Waals surface area contributed by atoms with E-state index in [1.54, 1.807) is 11.3 Å². The molecule has 0 atom stereocenters. The maximum absolute atomic E-state index is 4.56. The summed E-state index contributed by atoms with van der Waals surface area (Å²) in [5.41, 5.74) is 2.74. The van der Waals surface area contributed by atoms with Crippen LogP contribution < -0.4 is 5.32 Å². The third-order valence-corrected chi connectivity index (χ3v) is 4.75. The van der Waals surface area contributed by atoms with Crippen LogP contribution in [0.5, 0.6) is 0 Å².